The summed E-state index contributed by atoms with van der Waals surface area (Å²) >= 11 is 0. The van der Waals surface area contributed by atoms with E-state index in [-0.39, 0.29) is 5.41 Å². The van der Waals surface area contributed by atoms with Gasteiger partial charge in [-0.15, -0.1) is 0 Å². The normalized spacial score (nSPS) is 23.3. The zero-order valence-corrected chi connectivity index (χ0v) is 16.2. The molecule has 2 aromatic rings. The molecule has 0 amide bonds. The van der Waals surface area contributed by atoms with E-state index in [1.807, 2.05) is 18.2 Å². The second-order valence-corrected chi connectivity index (χ2v) is 7.59. The lowest BCUT2D eigenvalue weighted by Gasteiger charge is -2.43. The maximum Gasteiger partial charge on any atom is 0.122 e. The summed E-state index contributed by atoms with van der Waals surface area (Å²) in [6, 6.07) is 12.4. The molecule has 1 fully saturated rings. The molecule has 142 valence electrons. The molecule has 4 heteroatoms. The number of methoxy groups -OCH3 is 1. The van der Waals surface area contributed by atoms with Gasteiger partial charge >= 0.3 is 0 Å². The first kappa shape index (κ1) is 19.0. The monoisotopic (exact) mass is 357 g/mol. The molecule has 1 N–H and O–H groups in total. The van der Waals surface area contributed by atoms with Gasteiger partial charge in [0.25, 0.3) is 0 Å². The van der Waals surface area contributed by atoms with Gasteiger partial charge in [0.2, 0.25) is 0 Å². The molecular formula is C22H31NO3. The summed E-state index contributed by atoms with van der Waals surface area (Å²) in [4.78, 5) is 0. The van der Waals surface area contributed by atoms with Gasteiger partial charge in [0, 0.05) is 17.6 Å². The highest BCUT2D eigenvalue weighted by Crippen LogP contribution is 2.45. The number of hydrogen-bond donors (Lipinski definition) is 1. The number of benzene rings is 1. The lowest BCUT2D eigenvalue weighted by Crippen LogP contribution is -2.42. The lowest BCUT2D eigenvalue weighted by molar-refractivity contribution is -0.0473. The molecule has 1 aromatic heterocycles. The number of furan rings is 1. The minimum absolute atomic E-state index is 0.0793. The van der Waals surface area contributed by atoms with Gasteiger partial charge in [0.15, 0.2) is 0 Å². The fourth-order valence-corrected chi connectivity index (χ4v) is 4.02. The van der Waals surface area contributed by atoms with E-state index in [4.69, 9.17) is 13.9 Å². The highest BCUT2D eigenvalue weighted by molar-refractivity contribution is 5.40. The predicted octanol–water partition coefficient (Wildman–Crippen LogP) is 4.54. The van der Waals surface area contributed by atoms with E-state index in [2.05, 4.69) is 37.4 Å². The van der Waals surface area contributed by atoms with Crippen molar-refractivity contribution in [3.8, 4) is 5.75 Å². The van der Waals surface area contributed by atoms with Crippen molar-refractivity contribution in [1.29, 1.82) is 0 Å². The molecule has 2 heterocycles. The molecule has 1 saturated heterocycles. The third-order valence-electron chi connectivity index (χ3n) is 5.59. The van der Waals surface area contributed by atoms with Crippen molar-refractivity contribution in [2.75, 3.05) is 20.3 Å². The maximum atomic E-state index is 6.08. The fourth-order valence-electron chi connectivity index (χ4n) is 4.02. The average molecular weight is 357 g/mol. The van der Waals surface area contributed by atoms with E-state index < -0.39 is 0 Å². The maximum absolute atomic E-state index is 6.08. The number of rotatable bonds is 8. The van der Waals surface area contributed by atoms with Gasteiger partial charge in [-0.2, -0.15) is 0 Å². The molecule has 3 rings (SSSR count). The van der Waals surface area contributed by atoms with Crippen LogP contribution in [0.15, 0.2) is 47.1 Å². The minimum Gasteiger partial charge on any atom is -0.496 e. The smallest absolute Gasteiger partial charge is 0.122 e. The van der Waals surface area contributed by atoms with E-state index in [0.717, 1.165) is 50.5 Å². The Labute approximate surface area is 156 Å². The van der Waals surface area contributed by atoms with Crippen molar-refractivity contribution in [2.24, 2.45) is 5.92 Å². The molecule has 1 aliphatic heterocycles. The van der Waals surface area contributed by atoms with E-state index >= 15 is 0 Å². The van der Waals surface area contributed by atoms with Gasteiger partial charge in [-0.1, -0.05) is 32.0 Å². The van der Waals surface area contributed by atoms with Crippen LogP contribution in [0.1, 0.15) is 44.4 Å². The Kier molecular flexibility index (Phi) is 6.38. The van der Waals surface area contributed by atoms with Crippen LogP contribution in [-0.2, 0) is 16.7 Å². The molecule has 0 aliphatic carbocycles. The molecule has 26 heavy (non-hydrogen) atoms. The second-order valence-electron chi connectivity index (χ2n) is 7.59. The summed E-state index contributed by atoms with van der Waals surface area (Å²) in [5, 5.41) is 3.54. The van der Waals surface area contributed by atoms with Crippen molar-refractivity contribution in [3.05, 3.63) is 54.0 Å². The van der Waals surface area contributed by atoms with Crippen LogP contribution in [0.3, 0.4) is 0 Å². The SMILES string of the molecule is COc1ccccc1[C@@]1(CCNCc2ccco2)CCO[C@@H](C(C)C)C1. The number of hydrogen-bond acceptors (Lipinski definition) is 4. The van der Waals surface area contributed by atoms with Crippen molar-refractivity contribution in [1.82, 2.24) is 5.32 Å². The summed E-state index contributed by atoms with van der Waals surface area (Å²) in [6.45, 7) is 7.00. The van der Waals surface area contributed by atoms with Gasteiger partial charge in [0.1, 0.15) is 11.5 Å². The Bertz CT molecular complexity index is 668. The van der Waals surface area contributed by atoms with Crippen LogP contribution in [0.4, 0.5) is 0 Å². The Balaban J connectivity index is 1.77. The minimum atomic E-state index is 0.0793. The predicted molar refractivity (Wildman–Crippen MR) is 104 cm³/mol. The quantitative estimate of drug-likeness (QED) is 0.705. The molecule has 0 unspecified atom stereocenters. The Morgan fingerprint density at radius 2 is 2.08 bits per heavy atom. The van der Waals surface area contributed by atoms with Gasteiger partial charge < -0.3 is 19.2 Å². The van der Waals surface area contributed by atoms with Crippen molar-refractivity contribution < 1.29 is 13.9 Å². The largest absolute Gasteiger partial charge is 0.496 e. The Morgan fingerprint density at radius 1 is 1.23 bits per heavy atom. The molecule has 2 atom stereocenters. The van der Waals surface area contributed by atoms with Crippen LogP contribution in [0.2, 0.25) is 0 Å². The van der Waals surface area contributed by atoms with Crippen LogP contribution in [-0.4, -0.2) is 26.4 Å². The van der Waals surface area contributed by atoms with E-state index in [1.54, 1.807) is 13.4 Å². The Hall–Kier alpha value is -1.78. The summed E-state index contributed by atoms with van der Waals surface area (Å²) in [5.41, 5.74) is 1.40. The second kappa shape index (κ2) is 8.74. The highest BCUT2D eigenvalue weighted by atomic mass is 16.5. The fraction of sp³-hybridized carbons (Fsp3) is 0.545. The van der Waals surface area contributed by atoms with Gasteiger partial charge in [-0.25, -0.2) is 0 Å². The van der Waals surface area contributed by atoms with Crippen molar-refractivity contribution >= 4 is 0 Å². The molecular weight excluding hydrogens is 326 g/mol. The topological polar surface area (TPSA) is 43.6 Å². The summed E-state index contributed by atoms with van der Waals surface area (Å²) in [6.07, 6.45) is 5.13. The summed E-state index contributed by atoms with van der Waals surface area (Å²) in [7, 11) is 1.76. The van der Waals surface area contributed by atoms with Crippen molar-refractivity contribution in [2.45, 2.75) is 51.2 Å². The number of ether oxygens (including phenoxy) is 2. The molecule has 0 radical (unpaired) electrons. The van der Waals surface area contributed by atoms with E-state index in [1.165, 1.54) is 5.56 Å². The van der Waals surface area contributed by atoms with Gasteiger partial charge in [-0.05, 0) is 49.9 Å². The zero-order valence-electron chi connectivity index (χ0n) is 16.2. The van der Waals surface area contributed by atoms with E-state index in [9.17, 15) is 0 Å². The molecule has 4 nitrogen and oxygen atoms in total. The number of nitrogens with one attached hydrogen (secondary N) is 1. The van der Waals surface area contributed by atoms with Crippen LogP contribution < -0.4 is 10.1 Å². The Morgan fingerprint density at radius 3 is 2.81 bits per heavy atom. The van der Waals surface area contributed by atoms with Crippen LogP contribution in [0.5, 0.6) is 5.75 Å². The van der Waals surface area contributed by atoms with Gasteiger partial charge in [-0.3, -0.25) is 0 Å². The van der Waals surface area contributed by atoms with Crippen LogP contribution in [0, 0.1) is 5.92 Å². The first-order valence-corrected chi connectivity index (χ1v) is 9.63. The molecule has 0 saturated carbocycles. The first-order chi connectivity index (χ1) is 12.6. The zero-order chi connectivity index (χ0) is 18.4. The summed E-state index contributed by atoms with van der Waals surface area (Å²) < 4.78 is 17.2. The molecule has 0 bridgehead atoms. The molecule has 1 aliphatic rings. The third-order valence-corrected chi connectivity index (χ3v) is 5.59. The third kappa shape index (κ3) is 4.30. The summed E-state index contributed by atoms with van der Waals surface area (Å²) in [5.74, 6) is 2.48. The van der Waals surface area contributed by atoms with Crippen LogP contribution >= 0.6 is 0 Å². The average Bonchev–Trinajstić information content (AvgIpc) is 3.19. The molecule has 0 spiro atoms. The number of para-hydroxylation sites is 1. The highest BCUT2D eigenvalue weighted by Gasteiger charge is 2.40. The van der Waals surface area contributed by atoms with Gasteiger partial charge in [0.05, 0.1) is 26.0 Å². The first-order valence-electron chi connectivity index (χ1n) is 9.63. The standard InChI is InChI=1S/C22H31NO3/c1-17(2)21-15-22(11-14-26-21,19-8-4-5-9-20(19)24-3)10-12-23-16-18-7-6-13-25-18/h4-9,13,17,21,23H,10-12,14-16H2,1-3H3/t21-,22+/m1/s1. The van der Waals surface area contributed by atoms with E-state index in [0.29, 0.717) is 12.0 Å². The lowest BCUT2D eigenvalue weighted by atomic mass is 9.68. The molecule has 1 aromatic carbocycles. The van der Waals surface area contributed by atoms with Crippen molar-refractivity contribution in [3.63, 3.8) is 0 Å². The van der Waals surface area contributed by atoms with Crippen LogP contribution in [0.25, 0.3) is 0 Å².